The lowest BCUT2D eigenvalue weighted by Gasteiger charge is -2.38. The van der Waals surface area contributed by atoms with Crippen molar-refractivity contribution in [2.45, 2.75) is 31.7 Å². The molecule has 2 N–H and O–H groups in total. The maximum Gasteiger partial charge on any atom is 0.321 e. The highest BCUT2D eigenvalue weighted by Gasteiger charge is 2.33. The molecular formula is C19H27FN4O2. The molecule has 0 aromatic heterocycles. The summed E-state index contributed by atoms with van der Waals surface area (Å²) < 4.78 is 13.7. The van der Waals surface area contributed by atoms with E-state index in [-0.39, 0.29) is 23.5 Å². The van der Waals surface area contributed by atoms with Gasteiger partial charge in [0.2, 0.25) is 5.91 Å². The molecule has 3 amide bonds. The minimum atomic E-state index is -0.461. The van der Waals surface area contributed by atoms with Crippen molar-refractivity contribution in [1.82, 2.24) is 15.1 Å². The summed E-state index contributed by atoms with van der Waals surface area (Å²) in [5.41, 5.74) is 0.166. The molecule has 2 heterocycles. The largest absolute Gasteiger partial charge is 0.341 e. The molecule has 0 bridgehead atoms. The van der Waals surface area contributed by atoms with Crippen LogP contribution in [0.1, 0.15) is 25.7 Å². The lowest BCUT2D eigenvalue weighted by Crippen LogP contribution is -2.52. The highest BCUT2D eigenvalue weighted by atomic mass is 19.1. The van der Waals surface area contributed by atoms with Gasteiger partial charge in [0.05, 0.1) is 11.6 Å². The molecule has 6 nitrogen and oxygen atoms in total. The topological polar surface area (TPSA) is 64.7 Å². The third-order valence-corrected chi connectivity index (χ3v) is 5.31. The second-order valence-corrected chi connectivity index (χ2v) is 7.11. The molecule has 1 aromatic carbocycles. The molecule has 7 heteroatoms. The van der Waals surface area contributed by atoms with Crippen LogP contribution in [-0.2, 0) is 4.79 Å². The summed E-state index contributed by atoms with van der Waals surface area (Å²) >= 11 is 0. The molecule has 142 valence electrons. The van der Waals surface area contributed by atoms with Gasteiger partial charge in [-0.1, -0.05) is 12.1 Å². The first-order valence-corrected chi connectivity index (χ1v) is 9.35. The Balaban J connectivity index is 1.59. The van der Waals surface area contributed by atoms with E-state index in [1.165, 1.54) is 12.1 Å². The Morgan fingerprint density at radius 1 is 1.08 bits per heavy atom. The average Bonchev–Trinajstić information content (AvgIpc) is 2.69. The van der Waals surface area contributed by atoms with Gasteiger partial charge in [-0.25, -0.2) is 9.18 Å². The van der Waals surface area contributed by atoms with Crippen LogP contribution < -0.4 is 10.6 Å². The van der Waals surface area contributed by atoms with Crippen LogP contribution in [0, 0.1) is 11.7 Å². The zero-order valence-corrected chi connectivity index (χ0v) is 15.2. The van der Waals surface area contributed by atoms with Crippen molar-refractivity contribution in [3.8, 4) is 0 Å². The molecule has 0 aliphatic carbocycles. The molecule has 0 spiro atoms. The number of urea groups is 1. The summed E-state index contributed by atoms with van der Waals surface area (Å²) in [5.74, 6) is -0.504. The number of carbonyl (C=O) groups is 2. The zero-order valence-electron chi connectivity index (χ0n) is 15.2. The lowest BCUT2D eigenvalue weighted by molar-refractivity contribution is -0.138. The predicted octanol–water partition coefficient (Wildman–Crippen LogP) is 2.28. The third-order valence-electron chi connectivity index (χ3n) is 5.31. The van der Waals surface area contributed by atoms with E-state index in [0.717, 1.165) is 38.8 Å². The molecule has 2 atom stereocenters. The molecule has 2 fully saturated rings. The molecule has 2 unspecified atom stereocenters. The van der Waals surface area contributed by atoms with Crippen LogP contribution in [0.15, 0.2) is 24.3 Å². The van der Waals surface area contributed by atoms with Gasteiger partial charge in [-0.15, -0.1) is 0 Å². The Morgan fingerprint density at radius 2 is 1.81 bits per heavy atom. The molecular weight excluding hydrogens is 335 g/mol. The second kappa shape index (κ2) is 8.49. The molecule has 2 saturated heterocycles. The first kappa shape index (κ1) is 18.6. The van der Waals surface area contributed by atoms with E-state index >= 15 is 0 Å². The van der Waals surface area contributed by atoms with E-state index in [0.29, 0.717) is 19.1 Å². The number of hydrogen-bond donors (Lipinski definition) is 2. The number of hydrogen-bond acceptors (Lipinski definition) is 3. The highest BCUT2D eigenvalue weighted by molar-refractivity contribution is 5.90. The normalized spacial score (nSPS) is 23.6. The molecule has 2 aliphatic heterocycles. The van der Waals surface area contributed by atoms with Crippen molar-refractivity contribution >= 4 is 17.6 Å². The molecule has 0 saturated carbocycles. The van der Waals surface area contributed by atoms with Crippen molar-refractivity contribution < 1.29 is 14.0 Å². The number of amides is 3. The van der Waals surface area contributed by atoms with Gasteiger partial charge in [0.25, 0.3) is 0 Å². The maximum atomic E-state index is 13.7. The van der Waals surface area contributed by atoms with Gasteiger partial charge in [-0.3, -0.25) is 4.79 Å². The van der Waals surface area contributed by atoms with Crippen molar-refractivity contribution in [3.63, 3.8) is 0 Å². The summed E-state index contributed by atoms with van der Waals surface area (Å²) in [6, 6.07) is 6.10. The number of likely N-dealkylation sites (N-methyl/N-ethyl adjacent to an activating group) is 1. The van der Waals surface area contributed by atoms with Crippen molar-refractivity contribution in [2.24, 2.45) is 5.92 Å². The quantitative estimate of drug-likeness (QED) is 0.867. The van der Waals surface area contributed by atoms with Crippen LogP contribution in [-0.4, -0.2) is 61.0 Å². The van der Waals surface area contributed by atoms with Gasteiger partial charge in [0, 0.05) is 32.2 Å². The van der Waals surface area contributed by atoms with Crippen LogP contribution in [0.25, 0.3) is 0 Å². The Kier molecular flexibility index (Phi) is 6.08. The smallest absolute Gasteiger partial charge is 0.321 e. The predicted molar refractivity (Wildman–Crippen MR) is 98.4 cm³/mol. The van der Waals surface area contributed by atoms with Gasteiger partial charge in [0.15, 0.2) is 0 Å². The number of para-hydroxylation sites is 1. The number of nitrogens with one attached hydrogen (secondary N) is 2. The fraction of sp³-hybridized carbons (Fsp3) is 0.579. The van der Waals surface area contributed by atoms with Crippen LogP contribution >= 0.6 is 0 Å². The number of carbonyl (C=O) groups excluding carboxylic acids is 2. The SMILES string of the molecule is CNC1CCCN(C(=O)C2CCCN(C(=O)Nc3ccccc3F)C2)C1. The maximum absolute atomic E-state index is 13.7. The molecule has 2 aliphatic rings. The number of likely N-dealkylation sites (tertiary alicyclic amines) is 2. The van der Waals surface area contributed by atoms with E-state index in [1.54, 1.807) is 17.0 Å². The Labute approximate surface area is 153 Å². The Morgan fingerprint density at radius 3 is 2.58 bits per heavy atom. The van der Waals surface area contributed by atoms with Crippen molar-refractivity contribution in [2.75, 3.05) is 38.5 Å². The van der Waals surface area contributed by atoms with Gasteiger partial charge in [-0.05, 0) is 44.9 Å². The van der Waals surface area contributed by atoms with E-state index in [9.17, 15) is 14.0 Å². The molecule has 0 radical (unpaired) electrons. The first-order chi connectivity index (χ1) is 12.6. The van der Waals surface area contributed by atoms with Gasteiger partial charge in [-0.2, -0.15) is 0 Å². The standard InChI is InChI=1S/C19H27FN4O2/c1-21-15-7-5-10-23(13-15)18(25)14-6-4-11-24(12-14)19(26)22-17-9-3-2-8-16(17)20/h2-3,8-9,14-15,21H,4-7,10-13H2,1H3,(H,22,26). The monoisotopic (exact) mass is 362 g/mol. The number of anilines is 1. The van der Waals surface area contributed by atoms with Crippen LogP contribution in [0.4, 0.5) is 14.9 Å². The Hall–Kier alpha value is -2.15. The van der Waals surface area contributed by atoms with Gasteiger partial charge < -0.3 is 20.4 Å². The minimum Gasteiger partial charge on any atom is -0.341 e. The van der Waals surface area contributed by atoms with E-state index in [2.05, 4.69) is 10.6 Å². The number of piperidine rings is 2. The van der Waals surface area contributed by atoms with E-state index < -0.39 is 5.82 Å². The van der Waals surface area contributed by atoms with Crippen molar-refractivity contribution in [3.05, 3.63) is 30.1 Å². The summed E-state index contributed by atoms with van der Waals surface area (Å²) in [7, 11) is 1.92. The van der Waals surface area contributed by atoms with Crippen molar-refractivity contribution in [1.29, 1.82) is 0 Å². The fourth-order valence-corrected chi connectivity index (χ4v) is 3.79. The van der Waals surface area contributed by atoms with Gasteiger partial charge >= 0.3 is 6.03 Å². The minimum absolute atomic E-state index is 0.133. The Bertz CT molecular complexity index is 654. The summed E-state index contributed by atoms with van der Waals surface area (Å²) in [6.07, 6.45) is 3.66. The number of halogens is 1. The lowest BCUT2D eigenvalue weighted by atomic mass is 9.95. The number of benzene rings is 1. The summed E-state index contributed by atoms with van der Waals surface area (Å²) in [6.45, 7) is 2.49. The first-order valence-electron chi connectivity index (χ1n) is 9.35. The van der Waals surface area contributed by atoms with Crippen LogP contribution in [0.2, 0.25) is 0 Å². The van der Waals surface area contributed by atoms with Crippen LogP contribution in [0.5, 0.6) is 0 Å². The average molecular weight is 362 g/mol. The van der Waals surface area contributed by atoms with E-state index in [4.69, 9.17) is 0 Å². The number of rotatable bonds is 3. The van der Waals surface area contributed by atoms with Gasteiger partial charge in [0.1, 0.15) is 5.82 Å². The zero-order chi connectivity index (χ0) is 18.5. The number of nitrogens with zero attached hydrogens (tertiary/aromatic N) is 2. The fourth-order valence-electron chi connectivity index (χ4n) is 3.79. The molecule has 26 heavy (non-hydrogen) atoms. The highest BCUT2D eigenvalue weighted by Crippen LogP contribution is 2.22. The van der Waals surface area contributed by atoms with Crippen LogP contribution in [0.3, 0.4) is 0 Å². The van der Waals surface area contributed by atoms with E-state index in [1.807, 2.05) is 11.9 Å². The second-order valence-electron chi connectivity index (χ2n) is 7.11. The molecule has 3 rings (SSSR count). The third kappa shape index (κ3) is 4.33. The summed E-state index contributed by atoms with van der Waals surface area (Å²) in [4.78, 5) is 28.9. The summed E-state index contributed by atoms with van der Waals surface area (Å²) in [5, 5.41) is 5.86. The molecule has 1 aromatic rings.